The molecule has 3 heterocycles. The molecule has 1 N–H and O–H groups in total. The third kappa shape index (κ3) is 3.32. The number of carbonyl (C=O) groups excluding carboxylic acids is 3. The van der Waals surface area contributed by atoms with Crippen molar-refractivity contribution in [2.75, 3.05) is 11.9 Å². The van der Waals surface area contributed by atoms with Crippen molar-refractivity contribution in [2.24, 2.45) is 0 Å². The summed E-state index contributed by atoms with van der Waals surface area (Å²) in [6, 6.07) is 11.8. The van der Waals surface area contributed by atoms with Gasteiger partial charge < -0.3 is 0 Å². The maximum absolute atomic E-state index is 12.3. The SMILES string of the molecule is O=C(Nc1nnc(CCN2C(=O)c3ccccc3C2=O)s1)c1ccccn1. The standard InChI is InChI=1S/C18H13N5O3S/c24-15(13-7-3-4-9-19-13)20-18-22-21-14(27-18)8-10-23-16(25)11-5-1-2-6-12(11)17(23)26/h1-7,9H,8,10H2,(H,20,22,24). The van der Waals surface area contributed by atoms with Crippen LogP contribution in [0.3, 0.4) is 0 Å². The van der Waals surface area contributed by atoms with E-state index in [1.54, 1.807) is 42.5 Å². The van der Waals surface area contributed by atoms with Crippen molar-refractivity contribution in [3.8, 4) is 0 Å². The first-order valence-electron chi connectivity index (χ1n) is 8.13. The molecule has 134 valence electrons. The maximum atomic E-state index is 12.3. The summed E-state index contributed by atoms with van der Waals surface area (Å²) in [7, 11) is 0. The fourth-order valence-electron chi connectivity index (χ4n) is 2.71. The molecule has 27 heavy (non-hydrogen) atoms. The number of hydrogen-bond donors (Lipinski definition) is 1. The molecule has 2 aromatic heterocycles. The van der Waals surface area contributed by atoms with Crippen molar-refractivity contribution in [3.05, 3.63) is 70.5 Å². The molecule has 0 saturated carbocycles. The Bertz CT molecular complexity index is 999. The molecule has 0 radical (unpaired) electrons. The topological polar surface area (TPSA) is 105 Å². The molecule has 8 nitrogen and oxygen atoms in total. The van der Waals surface area contributed by atoms with Crippen LogP contribution in [-0.2, 0) is 6.42 Å². The Morgan fingerprint density at radius 2 is 1.70 bits per heavy atom. The third-order valence-corrected chi connectivity index (χ3v) is 4.91. The van der Waals surface area contributed by atoms with Crippen LogP contribution in [0.5, 0.6) is 0 Å². The number of benzene rings is 1. The number of aromatic nitrogens is 3. The molecule has 0 bridgehead atoms. The smallest absolute Gasteiger partial charge is 0.276 e. The van der Waals surface area contributed by atoms with Crippen LogP contribution in [-0.4, -0.2) is 44.3 Å². The minimum Gasteiger partial charge on any atom is -0.295 e. The van der Waals surface area contributed by atoms with Gasteiger partial charge in [0.05, 0.1) is 11.1 Å². The van der Waals surface area contributed by atoms with Crippen molar-refractivity contribution in [1.29, 1.82) is 0 Å². The van der Waals surface area contributed by atoms with Crippen LogP contribution in [0.2, 0.25) is 0 Å². The highest BCUT2D eigenvalue weighted by Crippen LogP contribution is 2.23. The van der Waals surface area contributed by atoms with Crippen molar-refractivity contribution >= 4 is 34.2 Å². The van der Waals surface area contributed by atoms with Crippen LogP contribution < -0.4 is 5.32 Å². The minimum atomic E-state index is -0.376. The molecule has 4 rings (SSSR count). The van der Waals surface area contributed by atoms with E-state index in [1.165, 1.54) is 22.4 Å². The van der Waals surface area contributed by atoms with Crippen molar-refractivity contribution in [2.45, 2.75) is 6.42 Å². The quantitative estimate of drug-likeness (QED) is 0.680. The van der Waals surface area contributed by atoms with Gasteiger partial charge in [0.25, 0.3) is 17.7 Å². The molecule has 0 unspecified atom stereocenters. The Morgan fingerprint density at radius 3 is 2.37 bits per heavy atom. The van der Waals surface area contributed by atoms with E-state index in [4.69, 9.17) is 0 Å². The van der Waals surface area contributed by atoms with E-state index >= 15 is 0 Å². The van der Waals surface area contributed by atoms with E-state index in [2.05, 4.69) is 20.5 Å². The highest BCUT2D eigenvalue weighted by molar-refractivity contribution is 7.15. The molecule has 0 aliphatic carbocycles. The fourth-order valence-corrected chi connectivity index (χ4v) is 3.44. The number of pyridine rings is 1. The monoisotopic (exact) mass is 379 g/mol. The van der Waals surface area contributed by atoms with Crippen LogP contribution >= 0.6 is 11.3 Å². The molecular formula is C18H13N5O3S. The van der Waals surface area contributed by atoms with Gasteiger partial charge >= 0.3 is 0 Å². The molecule has 1 aliphatic heterocycles. The van der Waals surface area contributed by atoms with Crippen LogP contribution in [0.15, 0.2) is 48.7 Å². The number of nitrogens with one attached hydrogen (secondary N) is 1. The zero-order valence-corrected chi connectivity index (χ0v) is 14.8. The second-order valence-corrected chi connectivity index (χ2v) is 6.79. The van der Waals surface area contributed by atoms with Gasteiger partial charge in [-0.3, -0.25) is 29.6 Å². The highest BCUT2D eigenvalue weighted by atomic mass is 32.1. The number of anilines is 1. The van der Waals surface area contributed by atoms with Crippen LogP contribution in [0.25, 0.3) is 0 Å². The fraction of sp³-hybridized carbons (Fsp3) is 0.111. The van der Waals surface area contributed by atoms with Gasteiger partial charge in [0, 0.05) is 19.2 Å². The molecule has 0 fully saturated rings. The lowest BCUT2D eigenvalue weighted by molar-refractivity contribution is 0.0655. The third-order valence-electron chi connectivity index (χ3n) is 4.01. The van der Waals surface area contributed by atoms with Gasteiger partial charge in [0.2, 0.25) is 5.13 Å². The number of fused-ring (bicyclic) bond motifs is 1. The molecule has 9 heteroatoms. The largest absolute Gasteiger partial charge is 0.295 e. The number of amides is 3. The van der Waals surface area contributed by atoms with E-state index in [1.807, 2.05) is 0 Å². The van der Waals surface area contributed by atoms with Gasteiger partial charge in [0.15, 0.2) is 0 Å². The molecule has 1 aromatic carbocycles. The number of imide groups is 1. The van der Waals surface area contributed by atoms with Crippen LogP contribution in [0.1, 0.15) is 36.2 Å². The molecule has 3 amide bonds. The summed E-state index contributed by atoms with van der Waals surface area (Å²) in [4.78, 5) is 41.9. The first-order chi connectivity index (χ1) is 13.1. The summed E-state index contributed by atoms with van der Waals surface area (Å²) in [6.45, 7) is 0.204. The van der Waals surface area contributed by atoms with E-state index < -0.39 is 0 Å². The van der Waals surface area contributed by atoms with Crippen molar-refractivity contribution in [3.63, 3.8) is 0 Å². The molecular weight excluding hydrogens is 366 g/mol. The zero-order valence-electron chi connectivity index (χ0n) is 14.0. The second kappa shape index (κ2) is 7.04. The predicted octanol–water partition coefficient (Wildman–Crippen LogP) is 2.02. The number of rotatable bonds is 5. The maximum Gasteiger partial charge on any atom is 0.276 e. The van der Waals surface area contributed by atoms with Crippen LogP contribution in [0, 0.1) is 0 Å². The molecule has 1 aliphatic rings. The average Bonchev–Trinajstić information content (AvgIpc) is 3.24. The Hall–Kier alpha value is -3.46. The Morgan fingerprint density at radius 1 is 1.00 bits per heavy atom. The Balaban J connectivity index is 1.39. The first kappa shape index (κ1) is 17.0. The molecule has 3 aromatic rings. The van der Waals surface area contributed by atoms with Gasteiger partial charge in [0.1, 0.15) is 10.7 Å². The predicted molar refractivity (Wildman–Crippen MR) is 97.6 cm³/mol. The summed E-state index contributed by atoms with van der Waals surface area (Å²) in [6.07, 6.45) is 1.89. The first-order valence-corrected chi connectivity index (χ1v) is 8.95. The van der Waals surface area contributed by atoms with Gasteiger partial charge in [-0.1, -0.05) is 29.5 Å². The summed E-state index contributed by atoms with van der Waals surface area (Å²) in [5.41, 5.74) is 1.12. The van der Waals surface area contributed by atoms with Gasteiger partial charge in [-0.2, -0.15) is 0 Å². The van der Waals surface area contributed by atoms with Crippen molar-refractivity contribution < 1.29 is 14.4 Å². The van der Waals surface area contributed by atoms with E-state index in [9.17, 15) is 14.4 Å². The molecule has 0 atom stereocenters. The van der Waals surface area contributed by atoms with E-state index in [0.29, 0.717) is 27.7 Å². The number of nitrogens with zero attached hydrogens (tertiary/aromatic N) is 4. The summed E-state index contributed by atoms with van der Waals surface area (Å²) < 4.78 is 0. The van der Waals surface area contributed by atoms with Gasteiger partial charge in [-0.25, -0.2) is 0 Å². The number of hydrogen-bond acceptors (Lipinski definition) is 7. The summed E-state index contributed by atoms with van der Waals surface area (Å²) in [5.74, 6) is -0.980. The highest BCUT2D eigenvalue weighted by Gasteiger charge is 2.34. The molecule has 0 saturated heterocycles. The van der Waals surface area contributed by atoms with Gasteiger partial charge in [-0.05, 0) is 24.3 Å². The van der Waals surface area contributed by atoms with Crippen molar-refractivity contribution in [1.82, 2.24) is 20.1 Å². The number of carbonyl (C=O) groups is 3. The summed E-state index contributed by atoms with van der Waals surface area (Å²) >= 11 is 1.19. The Kier molecular flexibility index (Phi) is 4.43. The normalized spacial score (nSPS) is 13.0. The van der Waals surface area contributed by atoms with Gasteiger partial charge in [-0.15, -0.1) is 10.2 Å². The van der Waals surface area contributed by atoms with Crippen LogP contribution in [0.4, 0.5) is 5.13 Å². The lowest BCUT2D eigenvalue weighted by Gasteiger charge is -2.12. The summed E-state index contributed by atoms with van der Waals surface area (Å²) in [5, 5.41) is 11.5. The van der Waals surface area contributed by atoms with E-state index in [0.717, 1.165) is 0 Å². The molecule has 0 spiro atoms. The second-order valence-electron chi connectivity index (χ2n) is 5.73. The average molecular weight is 379 g/mol. The van der Waals surface area contributed by atoms with E-state index in [-0.39, 0.29) is 30.0 Å². The Labute approximate surface area is 157 Å². The lowest BCUT2D eigenvalue weighted by Crippen LogP contribution is -2.31. The lowest BCUT2D eigenvalue weighted by atomic mass is 10.1. The minimum absolute atomic E-state index is 0.204. The zero-order chi connectivity index (χ0) is 18.8.